The van der Waals surface area contributed by atoms with Crippen molar-refractivity contribution in [3.63, 3.8) is 0 Å². The third-order valence-electron chi connectivity index (χ3n) is 5.64. The van der Waals surface area contributed by atoms with Gasteiger partial charge in [-0.2, -0.15) is 5.26 Å². The van der Waals surface area contributed by atoms with Gasteiger partial charge in [-0.05, 0) is 30.9 Å². The van der Waals surface area contributed by atoms with Gasteiger partial charge < -0.3 is 14.4 Å². The maximum Gasteiger partial charge on any atom is 0.162 e. The Morgan fingerprint density at radius 3 is 2.56 bits per heavy atom. The average molecular weight is 334 g/mol. The van der Waals surface area contributed by atoms with E-state index < -0.39 is 5.41 Å². The summed E-state index contributed by atoms with van der Waals surface area (Å²) in [6, 6.07) is 17.3. The number of hydrogen-bond acceptors (Lipinski definition) is 4. The van der Waals surface area contributed by atoms with Crippen molar-refractivity contribution in [2.45, 2.75) is 30.7 Å². The van der Waals surface area contributed by atoms with Crippen molar-refractivity contribution in [3.8, 4) is 17.6 Å². The minimum atomic E-state index is -0.549. The van der Waals surface area contributed by atoms with Crippen molar-refractivity contribution in [3.05, 3.63) is 53.6 Å². The van der Waals surface area contributed by atoms with E-state index in [1.807, 2.05) is 30.3 Å². The van der Waals surface area contributed by atoms with E-state index in [0.717, 1.165) is 36.4 Å². The summed E-state index contributed by atoms with van der Waals surface area (Å²) in [4.78, 5) is 2.39. The average Bonchev–Trinajstić information content (AvgIpc) is 3.23. The number of methoxy groups -OCH3 is 2. The molecule has 0 saturated carbocycles. The van der Waals surface area contributed by atoms with Gasteiger partial charge >= 0.3 is 0 Å². The number of benzene rings is 2. The van der Waals surface area contributed by atoms with Crippen LogP contribution in [0.2, 0.25) is 0 Å². The van der Waals surface area contributed by atoms with Crippen LogP contribution in [-0.4, -0.2) is 26.8 Å². The van der Waals surface area contributed by atoms with Crippen LogP contribution in [0.3, 0.4) is 0 Å². The van der Waals surface area contributed by atoms with Crippen LogP contribution in [0.25, 0.3) is 0 Å². The van der Waals surface area contributed by atoms with Crippen molar-refractivity contribution < 1.29 is 9.47 Å². The molecule has 0 spiro atoms. The molecule has 4 nitrogen and oxygen atoms in total. The maximum atomic E-state index is 10.3. The lowest BCUT2D eigenvalue weighted by molar-refractivity contribution is 0.354. The van der Waals surface area contributed by atoms with Crippen molar-refractivity contribution in [2.75, 3.05) is 25.7 Å². The van der Waals surface area contributed by atoms with Gasteiger partial charge in [0.25, 0.3) is 0 Å². The molecule has 4 heteroatoms. The van der Waals surface area contributed by atoms with E-state index >= 15 is 0 Å². The Balaban J connectivity index is 1.89. The Bertz CT molecular complexity index is 828. The largest absolute Gasteiger partial charge is 0.493 e. The summed E-state index contributed by atoms with van der Waals surface area (Å²) in [6.45, 7) is 0.991. The lowest BCUT2D eigenvalue weighted by Crippen LogP contribution is -2.41. The molecule has 0 N–H and O–H groups in total. The second kappa shape index (κ2) is 6.00. The van der Waals surface area contributed by atoms with Crippen LogP contribution in [0.5, 0.6) is 11.5 Å². The highest BCUT2D eigenvalue weighted by molar-refractivity contribution is 5.72. The van der Waals surface area contributed by atoms with E-state index in [1.165, 1.54) is 5.56 Å². The van der Waals surface area contributed by atoms with Crippen molar-refractivity contribution >= 4 is 5.69 Å². The minimum absolute atomic E-state index is 0.213. The van der Waals surface area contributed by atoms with Crippen molar-refractivity contribution in [1.29, 1.82) is 5.26 Å². The van der Waals surface area contributed by atoms with Gasteiger partial charge in [0.2, 0.25) is 0 Å². The quantitative estimate of drug-likeness (QED) is 0.855. The number of ether oxygens (including phenoxy) is 2. The molecule has 25 heavy (non-hydrogen) atoms. The Morgan fingerprint density at radius 2 is 1.88 bits per heavy atom. The summed E-state index contributed by atoms with van der Waals surface area (Å²) in [5, 5.41) is 10.3. The highest BCUT2D eigenvalue weighted by atomic mass is 16.5. The summed E-state index contributed by atoms with van der Waals surface area (Å²) in [5.74, 6) is 1.41. The molecule has 1 saturated heterocycles. The zero-order valence-electron chi connectivity index (χ0n) is 14.7. The van der Waals surface area contributed by atoms with Gasteiger partial charge in [-0.3, -0.25) is 0 Å². The first-order chi connectivity index (χ1) is 12.2. The molecule has 0 aromatic heterocycles. The van der Waals surface area contributed by atoms with Crippen LogP contribution < -0.4 is 14.4 Å². The highest BCUT2D eigenvalue weighted by Gasteiger charge is 2.53. The van der Waals surface area contributed by atoms with Gasteiger partial charge in [-0.25, -0.2) is 0 Å². The lowest BCUT2D eigenvalue weighted by Gasteiger charge is -2.30. The van der Waals surface area contributed by atoms with Crippen LogP contribution in [0.15, 0.2) is 42.5 Å². The first kappa shape index (κ1) is 15.8. The molecule has 0 bridgehead atoms. The number of nitriles is 1. The second-order valence-corrected chi connectivity index (χ2v) is 6.82. The molecule has 0 aliphatic carbocycles. The predicted octanol–water partition coefficient (Wildman–Crippen LogP) is 3.69. The van der Waals surface area contributed by atoms with Crippen LogP contribution in [0.4, 0.5) is 5.69 Å². The zero-order valence-corrected chi connectivity index (χ0v) is 14.7. The minimum Gasteiger partial charge on any atom is -0.493 e. The third-order valence-corrected chi connectivity index (χ3v) is 5.64. The molecule has 2 aromatic carbocycles. The summed E-state index contributed by atoms with van der Waals surface area (Å²) in [7, 11) is 3.30. The number of rotatable bonds is 4. The number of anilines is 1. The van der Waals surface area contributed by atoms with Gasteiger partial charge in [-0.1, -0.05) is 30.3 Å². The monoisotopic (exact) mass is 334 g/mol. The standard InChI is InChI=1S/C21H22N2O2/c1-24-18-11-16-17(12-19(18)25-2)23-10-6-9-20(23)21(16,14-22)13-15-7-4-3-5-8-15/h3-5,7-8,11-12,20H,6,9-10,13H2,1-2H3/t20-,21+/m1/s1. The van der Waals surface area contributed by atoms with Gasteiger partial charge in [0, 0.05) is 23.9 Å². The highest BCUT2D eigenvalue weighted by Crippen LogP contribution is 2.53. The fraction of sp³-hybridized carbons (Fsp3) is 0.381. The Hall–Kier alpha value is -2.67. The van der Waals surface area contributed by atoms with Gasteiger partial charge in [0.15, 0.2) is 11.5 Å². The van der Waals surface area contributed by atoms with Crippen LogP contribution in [0, 0.1) is 11.3 Å². The molecule has 0 radical (unpaired) electrons. The van der Waals surface area contributed by atoms with E-state index in [4.69, 9.17) is 9.47 Å². The fourth-order valence-corrected chi connectivity index (χ4v) is 4.52. The fourth-order valence-electron chi connectivity index (χ4n) is 4.52. The van der Waals surface area contributed by atoms with Crippen LogP contribution >= 0.6 is 0 Å². The molecule has 2 aliphatic heterocycles. The summed E-state index contributed by atoms with van der Waals surface area (Å²) in [5.41, 5.74) is 2.84. The van der Waals surface area contributed by atoms with Gasteiger partial charge in [0.1, 0.15) is 5.41 Å². The molecule has 0 amide bonds. The third kappa shape index (κ3) is 2.26. The number of hydrogen-bond donors (Lipinski definition) is 0. The first-order valence-corrected chi connectivity index (χ1v) is 8.72. The smallest absolute Gasteiger partial charge is 0.162 e. The SMILES string of the molecule is COc1cc2c(cc1OC)[C@@](C#N)(Cc1ccccc1)[C@H]1CCCN21. The topological polar surface area (TPSA) is 45.5 Å². The normalized spacial score (nSPS) is 23.7. The molecule has 128 valence electrons. The van der Waals surface area contributed by atoms with E-state index in [0.29, 0.717) is 12.2 Å². The molecule has 2 atom stereocenters. The Morgan fingerprint density at radius 1 is 1.16 bits per heavy atom. The molecule has 2 aromatic rings. The van der Waals surface area contributed by atoms with Crippen molar-refractivity contribution in [2.24, 2.45) is 0 Å². The van der Waals surface area contributed by atoms with E-state index in [2.05, 4.69) is 23.1 Å². The molecular formula is C21H22N2O2. The van der Waals surface area contributed by atoms with Crippen molar-refractivity contribution in [1.82, 2.24) is 0 Å². The summed E-state index contributed by atoms with van der Waals surface area (Å²) >= 11 is 0. The molecule has 2 heterocycles. The van der Waals surface area contributed by atoms with Crippen LogP contribution in [-0.2, 0) is 11.8 Å². The van der Waals surface area contributed by atoms with Gasteiger partial charge in [-0.15, -0.1) is 0 Å². The molecule has 0 unspecified atom stereocenters. The molecule has 2 aliphatic rings. The van der Waals surface area contributed by atoms with E-state index in [9.17, 15) is 5.26 Å². The zero-order chi connectivity index (χ0) is 17.4. The Kier molecular flexibility index (Phi) is 3.80. The lowest BCUT2D eigenvalue weighted by atomic mass is 9.72. The predicted molar refractivity (Wildman–Crippen MR) is 97.4 cm³/mol. The molecular weight excluding hydrogens is 312 g/mol. The molecule has 1 fully saturated rings. The van der Waals surface area contributed by atoms with Crippen LogP contribution in [0.1, 0.15) is 24.0 Å². The number of nitrogens with zero attached hydrogens (tertiary/aromatic N) is 2. The maximum absolute atomic E-state index is 10.3. The molecule has 4 rings (SSSR count). The summed E-state index contributed by atoms with van der Waals surface area (Å²) in [6.07, 6.45) is 2.88. The van der Waals surface area contributed by atoms with Gasteiger partial charge in [0.05, 0.1) is 26.3 Å². The first-order valence-electron chi connectivity index (χ1n) is 8.72. The second-order valence-electron chi connectivity index (χ2n) is 6.82. The van der Waals surface area contributed by atoms with E-state index in [-0.39, 0.29) is 6.04 Å². The Labute approximate surface area is 148 Å². The number of fused-ring (bicyclic) bond motifs is 3. The van der Waals surface area contributed by atoms with E-state index in [1.54, 1.807) is 14.2 Å². The summed E-state index contributed by atoms with van der Waals surface area (Å²) < 4.78 is 11.0.